The number of aromatic nitrogens is 2. The van der Waals surface area contributed by atoms with Crippen LogP contribution in [-0.4, -0.2) is 9.97 Å². The topological polar surface area (TPSA) is 38.9 Å². The van der Waals surface area contributed by atoms with Gasteiger partial charge in [-0.05, 0) is 110 Å². The van der Waals surface area contributed by atoms with E-state index in [-0.39, 0.29) is 5.41 Å². The number of para-hydroxylation sites is 1. The number of rotatable bonds is 5. The molecular weight excluding hydrogens is 681 g/mol. The smallest absolute Gasteiger partial charge is 0.160 e. The van der Waals surface area contributed by atoms with Crippen LogP contribution in [0.5, 0.6) is 0 Å². The lowest BCUT2D eigenvalue weighted by Crippen LogP contribution is -2.14. The van der Waals surface area contributed by atoms with E-state index in [2.05, 4.69) is 166 Å². The van der Waals surface area contributed by atoms with Gasteiger partial charge in [-0.25, -0.2) is 9.97 Å². The Labute approximate surface area is 325 Å². The predicted octanol–water partition coefficient (Wildman–Crippen LogP) is 14.2. The van der Waals surface area contributed by atoms with Crippen LogP contribution in [-0.2, 0) is 5.41 Å². The average molecular weight is 717 g/mol. The van der Waals surface area contributed by atoms with Gasteiger partial charge in [0.1, 0.15) is 11.2 Å². The lowest BCUT2D eigenvalue weighted by Gasteiger charge is -2.22. The van der Waals surface area contributed by atoms with Crippen LogP contribution in [0.2, 0.25) is 0 Å². The van der Waals surface area contributed by atoms with Crippen LogP contribution >= 0.6 is 0 Å². The number of hydrogen-bond donors (Lipinski definition) is 0. The van der Waals surface area contributed by atoms with E-state index in [0.717, 1.165) is 72.3 Å². The van der Waals surface area contributed by atoms with Gasteiger partial charge in [-0.2, -0.15) is 0 Å². The number of fused-ring (bicyclic) bond motifs is 7. The minimum atomic E-state index is -0.121. The Hall–Kier alpha value is -7.10. The predicted molar refractivity (Wildman–Crippen MR) is 232 cm³/mol. The zero-order valence-corrected chi connectivity index (χ0v) is 31.1. The highest BCUT2D eigenvalue weighted by molar-refractivity contribution is 6.06. The molecule has 0 atom stereocenters. The van der Waals surface area contributed by atoms with Crippen LogP contribution in [0.25, 0.3) is 100.0 Å². The molecule has 0 saturated carbocycles. The standard InChI is InChI=1S/C53H36N2O/c1-53(2)46-18-10-8-16-42(46)43-24-23-38(30-47(43)53)48-32-49(55-52(54-48)34-13-4-3-5-14-34)41-28-39(36-21-20-33-12-6-7-15-35(33)26-36)27-40(29-41)37-22-25-45-44-17-9-11-19-50(44)56-51(45)31-37/h3-32H,1-2H3. The molecule has 0 bridgehead atoms. The second-order valence-electron chi connectivity index (χ2n) is 15.4. The summed E-state index contributed by atoms with van der Waals surface area (Å²) in [6, 6.07) is 65.0. The molecule has 0 N–H and O–H groups in total. The highest BCUT2D eigenvalue weighted by atomic mass is 16.3. The van der Waals surface area contributed by atoms with Crippen molar-refractivity contribution in [2.75, 3.05) is 0 Å². The fourth-order valence-electron chi connectivity index (χ4n) is 8.71. The van der Waals surface area contributed by atoms with E-state index in [1.54, 1.807) is 0 Å². The first kappa shape index (κ1) is 32.3. The van der Waals surface area contributed by atoms with Crippen molar-refractivity contribution >= 4 is 32.7 Å². The minimum Gasteiger partial charge on any atom is -0.456 e. The molecule has 3 nitrogen and oxygen atoms in total. The van der Waals surface area contributed by atoms with E-state index in [1.807, 2.05) is 30.3 Å². The van der Waals surface area contributed by atoms with Gasteiger partial charge in [0.15, 0.2) is 5.82 Å². The van der Waals surface area contributed by atoms with Crippen molar-refractivity contribution in [3.8, 4) is 67.3 Å². The fourth-order valence-corrected chi connectivity index (χ4v) is 8.71. The zero-order chi connectivity index (χ0) is 37.4. The van der Waals surface area contributed by atoms with Crippen molar-refractivity contribution in [2.45, 2.75) is 19.3 Å². The second-order valence-corrected chi connectivity index (χ2v) is 15.4. The average Bonchev–Trinajstić information content (AvgIpc) is 3.74. The Morgan fingerprint density at radius 3 is 1.86 bits per heavy atom. The molecule has 8 aromatic carbocycles. The third-order valence-corrected chi connectivity index (χ3v) is 11.7. The maximum Gasteiger partial charge on any atom is 0.160 e. The molecule has 0 radical (unpaired) electrons. The van der Waals surface area contributed by atoms with Crippen molar-refractivity contribution < 1.29 is 4.42 Å². The first-order valence-corrected chi connectivity index (χ1v) is 19.2. The minimum absolute atomic E-state index is 0.121. The maximum absolute atomic E-state index is 6.37. The van der Waals surface area contributed by atoms with E-state index in [0.29, 0.717) is 5.82 Å². The van der Waals surface area contributed by atoms with Gasteiger partial charge in [-0.3, -0.25) is 0 Å². The first-order chi connectivity index (χ1) is 27.5. The van der Waals surface area contributed by atoms with Crippen LogP contribution in [0.4, 0.5) is 0 Å². The summed E-state index contributed by atoms with van der Waals surface area (Å²) < 4.78 is 6.37. The number of benzene rings is 8. The molecule has 3 heteroatoms. The van der Waals surface area contributed by atoms with E-state index < -0.39 is 0 Å². The van der Waals surface area contributed by atoms with Gasteiger partial charge >= 0.3 is 0 Å². The summed E-state index contributed by atoms with van der Waals surface area (Å²) in [4.78, 5) is 10.6. The lowest BCUT2D eigenvalue weighted by molar-refractivity contribution is 0.660. The van der Waals surface area contributed by atoms with Crippen LogP contribution in [0.15, 0.2) is 186 Å². The van der Waals surface area contributed by atoms with Gasteiger partial charge in [0.2, 0.25) is 0 Å². The van der Waals surface area contributed by atoms with E-state index in [4.69, 9.17) is 14.4 Å². The normalized spacial score (nSPS) is 13.0. The van der Waals surface area contributed by atoms with Crippen molar-refractivity contribution in [3.63, 3.8) is 0 Å². The van der Waals surface area contributed by atoms with Crippen LogP contribution in [0, 0.1) is 0 Å². The van der Waals surface area contributed by atoms with Crippen LogP contribution in [0.3, 0.4) is 0 Å². The number of hydrogen-bond acceptors (Lipinski definition) is 3. The molecule has 0 unspecified atom stereocenters. The van der Waals surface area contributed by atoms with Gasteiger partial charge in [-0.15, -0.1) is 0 Å². The molecular formula is C53H36N2O. The van der Waals surface area contributed by atoms with Crippen LogP contribution in [0.1, 0.15) is 25.0 Å². The Morgan fingerprint density at radius 2 is 1.00 bits per heavy atom. The molecule has 2 heterocycles. The Kier molecular flexibility index (Phi) is 7.20. The SMILES string of the molecule is CC1(C)c2ccccc2-c2ccc(-c3cc(-c4cc(-c5ccc6ccccc6c5)cc(-c5ccc6c(c5)oc5ccccc56)c4)nc(-c4ccccc4)n3)cc21. The zero-order valence-electron chi connectivity index (χ0n) is 31.1. The molecule has 0 amide bonds. The molecule has 0 aliphatic heterocycles. The molecule has 0 spiro atoms. The molecule has 56 heavy (non-hydrogen) atoms. The van der Waals surface area contributed by atoms with Gasteiger partial charge in [0.25, 0.3) is 0 Å². The molecule has 10 aromatic rings. The highest BCUT2D eigenvalue weighted by Gasteiger charge is 2.35. The molecule has 264 valence electrons. The molecule has 0 saturated heterocycles. The summed E-state index contributed by atoms with van der Waals surface area (Å²) in [6.07, 6.45) is 0. The van der Waals surface area contributed by atoms with Crippen molar-refractivity contribution in [3.05, 3.63) is 193 Å². The first-order valence-electron chi connectivity index (χ1n) is 19.2. The van der Waals surface area contributed by atoms with Gasteiger partial charge in [0, 0.05) is 32.9 Å². The summed E-state index contributed by atoms with van der Waals surface area (Å²) >= 11 is 0. The van der Waals surface area contributed by atoms with E-state index in [1.165, 1.54) is 33.0 Å². The second kappa shape index (κ2) is 12.5. The summed E-state index contributed by atoms with van der Waals surface area (Å²) in [5.41, 5.74) is 16.2. The monoisotopic (exact) mass is 716 g/mol. The van der Waals surface area contributed by atoms with Crippen LogP contribution < -0.4 is 0 Å². The lowest BCUT2D eigenvalue weighted by atomic mass is 9.82. The summed E-state index contributed by atoms with van der Waals surface area (Å²) in [7, 11) is 0. The number of furan rings is 1. The van der Waals surface area contributed by atoms with E-state index >= 15 is 0 Å². The maximum atomic E-state index is 6.37. The van der Waals surface area contributed by atoms with Crippen molar-refractivity contribution in [2.24, 2.45) is 0 Å². The fraction of sp³-hybridized carbons (Fsp3) is 0.0566. The molecule has 2 aromatic heterocycles. The van der Waals surface area contributed by atoms with Gasteiger partial charge in [-0.1, -0.05) is 141 Å². The Balaban J connectivity index is 1.12. The molecule has 0 fully saturated rings. The van der Waals surface area contributed by atoms with Gasteiger partial charge < -0.3 is 4.42 Å². The molecule has 11 rings (SSSR count). The van der Waals surface area contributed by atoms with E-state index in [9.17, 15) is 0 Å². The van der Waals surface area contributed by atoms with Gasteiger partial charge in [0.05, 0.1) is 11.4 Å². The summed E-state index contributed by atoms with van der Waals surface area (Å²) in [6.45, 7) is 4.65. The number of nitrogens with zero attached hydrogens (tertiary/aromatic N) is 2. The quantitative estimate of drug-likeness (QED) is 0.178. The molecule has 1 aliphatic carbocycles. The third-order valence-electron chi connectivity index (χ3n) is 11.7. The molecule has 1 aliphatic rings. The summed E-state index contributed by atoms with van der Waals surface area (Å²) in [5.74, 6) is 0.697. The Bertz CT molecular complexity index is 3170. The third kappa shape index (κ3) is 5.27. The highest BCUT2D eigenvalue weighted by Crippen LogP contribution is 2.49. The Morgan fingerprint density at radius 1 is 0.375 bits per heavy atom. The van der Waals surface area contributed by atoms with Crippen molar-refractivity contribution in [1.29, 1.82) is 0 Å². The van der Waals surface area contributed by atoms with Crippen molar-refractivity contribution in [1.82, 2.24) is 9.97 Å². The summed E-state index contributed by atoms with van der Waals surface area (Å²) in [5, 5.41) is 4.67. The largest absolute Gasteiger partial charge is 0.456 e.